The average molecular weight is 414 g/mol. The largest absolute Gasteiger partial charge is 0.450 e. The molecule has 9 nitrogen and oxygen atoms in total. The topological polar surface area (TPSA) is 118 Å². The molecule has 1 heterocycles. The van der Waals surface area contributed by atoms with Crippen LogP contribution in [-0.4, -0.2) is 66.5 Å². The van der Waals surface area contributed by atoms with E-state index < -0.39 is 17.2 Å². The van der Waals surface area contributed by atoms with Crippen molar-refractivity contribution in [1.29, 1.82) is 0 Å². The second kappa shape index (κ2) is 11.1. The zero-order chi connectivity index (χ0) is 22.1. The standard InChI is InChI=1S/C20H39N5O4/c1-7-20(8-2,24-17(26)29-19(4,5)6)14-22-16(21)23-15-10-12-25(13-11-15)18(27)28-9-3/h15H,7-14H2,1-6H3,(H,24,26)(H3,21,22,23). The summed E-state index contributed by atoms with van der Waals surface area (Å²) in [7, 11) is 0. The van der Waals surface area contributed by atoms with E-state index in [0.29, 0.717) is 45.0 Å². The molecule has 0 spiro atoms. The molecule has 0 aromatic carbocycles. The van der Waals surface area contributed by atoms with Crippen molar-refractivity contribution < 1.29 is 19.1 Å². The predicted octanol–water partition coefficient (Wildman–Crippen LogP) is 2.60. The maximum Gasteiger partial charge on any atom is 0.409 e. The van der Waals surface area contributed by atoms with Gasteiger partial charge in [-0.3, -0.25) is 4.99 Å². The molecule has 29 heavy (non-hydrogen) atoms. The third-order valence-electron chi connectivity index (χ3n) is 5.04. The molecule has 9 heteroatoms. The number of amides is 2. The molecule has 1 saturated heterocycles. The number of guanidine groups is 1. The molecule has 1 rings (SSSR count). The molecular weight excluding hydrogens is 374 g/mol. The molecule has 0 unspecified atom stereocenters. The van der Waals surface area contributed by atoms with E-state index in [9.17, 15) is 9.59 Å². The SMILES string of the molecule is CCOC(=O)N1CCC(NC(N)=NCC(CC)(CC)NC(=O)OC(C)(C)C)CC1. The highest BCUT2D eigenvalue weighted by Gasteiger charge is 2.30. The number of carbonyl (C=O) groups excluding carboxylic acids is 2. The molecule has 168 valence electrons. The summed E-state index contributed by atoms with van der Waals surface area (Å²) in [4.78, 5) is 30.2. The number of hydrogen-bond acceptors (Lipinski definition) is 5. The number of ether oxygens (including phenoxy) is 2. The Labute approximate surface area is 174 Å². The second-order valence-electron chi connectivity index (χ2n) is 8.42. The summed E-state index contributed by atoms with van der Waals surface area (Å²) < 4.78 is 10.4. The number of alkyl carbamates (subject to hydrolysis) is 1. The van der Waals surface area contributed by atoms with Crippen LogP contribution in [0.15, 0.2) is 4.99 Å². The molecule has 0 bridgehead atoms. The first-order chi connectivity index (χ1) is 13.5. The number of nitrogens with one attached hydrogen (secondary N) is 2. The van der Waals surface area contributed by atoms with Crippen molar-refractivity contribution in [2.45, 2.75) is 84.4 Å². The normalized spacial score (nSPS) is 16.3. The van der Waals surface area contributed by atoms with Crippen molar-refractivity contribution in [1.82, 2.24) is 15.5 Å². The maximum absolute atomic E-state index is 12.2. The van der Waals surface area contributed by atoms with Gasteiger partial charge in [0.05, 0.1) is 18.7 Å². The summed E-state index contributed by atoms with van der Waals surface area (Å²) >= 11 is 0. The van der Waals surface area contributed by atoms with Crippen molar-refractivity contribution >= 4 is 18.1 Å². The molecule has 0 aromatic heterocycles. The Balaban J connectivity index is 2.58. The van der Waals surface area contributed by atoms with Gasteiger partial charge in [-0.15, -0.1) is 0 Å². The van der Waals surface area contributed by atoms with Crippen LogP contribution in [0.2, 0.25) is 0 Å². The van der Waals surface area contributed by atoms with Gasteiger partial charge in [0.1, 0.15) is 5.60 Å². The van der Waals surface area contributed by atoms with Crippen molar-refractivity contribution in [3.8, 4) is 0 Å². The van der Waals surface area contributed by atoms with Crippen molar-refractivity contribution in [2.75, 3.05) is 26.2 Å². The van der Waals surface area contributed by atoms with Gasteiger partial charge in [-0.25, -0.2) is 9.59 Å². The second-order valence-corrected chi connectivity index (χ2v) is 8.42. The molecule has 1 aliphatic rings. The van der Waals surface area contributed by atoms with Crippen LogP contribution in [0, 0.1) is 0 Å². The Bertz CT molecular complexity index is 562. The molecular formula is C20H39N5O4. The van der Waals surface area contributed by atoms with E-state index in [4.69, 9.17) is 15.2 Å². The number of carbonyl (C=O) groups is 2. The van der Waals surface area contributed by atoms with E-state index in [2.05, 4.69) is 15.6 Å². The van der Waals surface area contributed by atoms with Crippen LogP contribution in [0.25, 0.3) is 0 Å². The lowest BCUT2D eigenvalue weighted by atomic mass is 9.93. The van der Waals surface area contributed by atoms with Gasteiger partial charge in [-0.1, -0.05) is 13.8 Å². The van der Waals surface area contributed by atoms with Gasteiger partial charge in [0.25, 0.3) is 0 Å². The fourth-order valence-electron chi connectivity index (χ4n) is 3.12. The van der Waals surface area contributed by atoms with Crippen LogP contribution < -0.4 is 16.4 Å². The van der Waals surface area contributed by atoms with Crippen LogP contribution in [-0.2, 0) is 9.47 Å². The molecule has 1 fully saturated rings. The number of rotatable bonds is 7. The van der Waals surface area contributed by atoms with Gasteiger partial charge in [0.2, 0.25) is 0 Å². The van der Waals surface area contributed by atoms with Crippen LogP contribution >= 0.6 is 0 Å². The third-order valence-corrected chi connectivity index (χ3v) is 5.04. The number of nitrogens with zero attached hydrogens (tertiary/aromatic N) is 2. The van der Waals surface area contributed by atoms with Gasteiger partial charge >= 0.3 is 12.2 Å². The summed E-state index contributed by atoms with van der Waals surface area (Å²) in [6, 6.07) is 0.154. The Morgan fingerprint density at radius 3 is 2.21 bits per heavy atom. The zero-order valence-corrected chi connectivity index (χ0v) is 18.8. The maximum atomic E-state index is 12.2. The van der Waals surface area contributed by atoms with Crippen molar-refractivity contribution in [3.63, 3.8) is 0 Å². The van der Waals surface area contributed by atoms with E-state index in [1.807, 2.05) is 34.6 Å². The number of nitrogens with two attached hydrogens (primary N) is 1. The Hall–Kier alpha value is -2.19. The lowest BCUT2D eigenvalue weighted by Crippen LogP contribution is -2.52. The summed E-state index contributed by atoms with van der Waals surface area (Å²) in [5.41, 5.74) is 5.02. The fraction of sp³-hybridized carbons (Fsp3) is 0.850. The highest BCUT2D eigenvalue weighted by atomic mass is 16.6. The van der Waals surface area contributed by atoms with Gasteiger partial charge in [-0.2, -0.15) is 0 Å². The smallest absolute Gasteiger partial charge is 0.409 e. The van der Waals surface area contributed by atoms with E-state index >= 15 is 0 Å². The molecule has 2 amide bonds. The quantitative estimate of drug-likeness (QED) is 0.436. The predicted molar refractivity (Wildman–Crippen MR) is 114 cm³/mol. The first-order valence-electron chi connectivity index (χ1n) is 10.5. The van der Waals surface area contributed by atoms with Gasteiger partial charge in [0, 0.05) is 19.1 Å². The van der Waals surface area contributed by atoms with Crippen molar-refractivity contribution in [3.05, 3.63) is 0 Å². The lowest BCUT2D eigenvalue weighted by Gasteiger charge is -2.33. The Morgan fingerprint density at radius 1 is 1.14 bits per heavy atom. The summed E-state index contributed by atoms with van der Waals surface area (Å²) in [6.45, 7) is 13.3. The third kappa shape index (κ3) is 8.79. The molecule has 4 N–H and O–H groups in total. The van der Waals surface area contributed by atoms with Gasteiger partial charge < -0.3 is 30.7 Å². The zero-order valence-electron chi connectivity index (χ0n) is 18.8. The number of hydrogen-bond donors (Lipinski definition) is 3. The minimum Gasteiger partial charge on any atom is -0.450 e. The van der Waals surface area contributed by atoms with E-state index in [0.717, 1.165) is 12.8 Å². The van der Waals surface area contributed by atoms with Crippen LogP contribution in [0.5, 0.6) is 0 Å². The highest BCUT2D eigenvalue weighted by molar-refractivity contribution is 5.78. The van der Waals surface area contributed by atoms with Crippen LogP contribution in [0.3, 0.4) is 0 Å². The average Bonchev–Trinajstić information content (AvgIpc) is 2.64. The van der Waals surface area contributed by atoms with E-state index in [-0.39, 0.29) is 12.1 Å². The summed E-state index contributed by atoms with van der Waals surface area (Å²) in [5, 5.41) is 6.19. The Kier molecular flexibility index (Phi) is 9.52. The van der Waals surface area contributed by atoms with Crippen LogP contribution in [0.1, 0.15) is 67.2 Å². The van der Waals surface area contributed by atoms with Gasteiger partial charge in [0.15, 0.2) is 5.96 Å². The Morgan fingerprint density at radius 2 is 1.72 bits per heavy atom. The first kappa shape index (κ1) is 24.8. The minimum atomic E-state index is -0.556. The first-order valence-corrected chi connectivity index (χ1v) is 10.5. The van der Waals surface area contributed by atoms with Crippen molar-refractivity contribution in [2.24, 2.45) is 10.7 Å². The van der Waals surface area contributed by atoms with Gasteiger partial charge in [-0.05, 0) is 53.4 Å². The molecule has 0 aromatic rings. The van der Waals surface area contributed by atoms with E-state index in [1.165, 1.54) is 0 Å². The van der Waals surface area contributed by atoms with E-state index in [1.54, 1.807) is 11.8 Å². The molecule has 0 radical (unpaired) electrons. The fourth-order valence-corrected chi connectivity index (χ4v) is 3.12. The molecule has 1 aliphatic heterocycles. The highest BCUT2D eigenvalue weighted by Crippen LogP contribution is 2.18. The number of piperidine rings is 1. The minimum absolute atomic E-state index is 0.154. The number of aliphatic imine (C=N–C) groups is 1. The monoisotopic (exact) mass is 413 g/mol. The molecule has 0 aliphatic carbocycles. The number of likely N-dealkylation sites (tertiary alicyclic amines) is 1. The molecule has 0 atom stereocenters. The summed E-state index contributed by atoms with van der Waals surface area (Å²) in [5.74, 6) is 0.344. The van der Waals surface area contributed by atoms with Crippen LogP contribution in [0.4, 0.5) is 9.59 Å². The lowest BCUT2D eigenvalue weighted by molar-refractivity contribution is 0.0451. The summed E-state index contributed by atoms with van der Waals surface area (Å²) in [6.07, 6.45) is 2.25. The molecule has 0 saturated carbocycles.